The molecule has 0 radical (unpaired) electrons. The lowest BCUT2D eigenvalue weighted by atomic mass is 10.1. The number of carbonyl (C=O) groups excluding carboxylic acids is 1. The molecular formula is C15H11NO2. The van der Waals surface area contributed by atoms with Gasteiger partial charge in [-0.3, -0.25) is 4.79 Å². The van der Waals surface area contributed by atoms with Crippen LogP contribution in [-0.4, -0.2) is 6.29 Å². The molecule has 0 amide bonds. The number of aldehydes is 1. The number of nitrogens with zero attached hydrogens (tertiary/aromatic N) is 1. The first-order valence-corrected chi connectivity index (χ1v) is 5.47. The predicted molar refractivity (Wildman–Crippen MR) is 67.8 cm³/mol. The van der Waals surface area contributed by atoms with Crippen molar-refractivity contribution < 1.29 is 9.53 Å². The van der Waals surface area contributed by atoms with Crippen molar-refractivity contribution >= 4 is 6.29 Å². The van der Waals surface area contributed by atoms with Crippen molar-refractivity contribution in [1.82, 2.24) is 0 Å². The first-order chi connectivity index (χ1) is 8.72. The van der Waals surface area contributed by atoms with Crippen LogP contribution >= 0.6 is 0 Å². The van der Waals surface area contributed by atoms with Gasteiger partial charge in [-0.15, -0.1) is 0 Å². The Morgan fingerprint density at radius 3 is 2.50 bits per heavy atom. The van der Waals surface area contributed by atoms with Gasteiger partial charge in [-0.25, -0.2) is 0 Å². The van der Waals surface area contributed by atoms with E-state index in [-0.39, 0.29) is 0 Å². The number of hydrogen-bond donors (Lipinski definition) is 0. The molecule has 18 heavy (non-hydrogen) atoms. The second-order valence-corrected chi connectivity index (χ2v) is 3.90. The van der Waals surface area contributed by atoms with Crippen LogP contribution < -0.4 is 4.74 Å². The minimum absolute atomic E-state index is 0.347. The molecule has 0 aromatic heterocycles. The molecule has 0 fully saturated rings. The molecular weight excluding hydrogens is 226 g/mol. The first-order valence-electron chi connectivity index (χ1n) is 5.47. The largest absolute Gasteiger partial charge is 0.456 e. The zero-order valence-electron chi connectivity index (χ0n) is 9.88. The smallest absolute Gasteiger partial charge is 0.150 e. The Hall–Kier alpha value is -2.60. The van der Waals surface area contributed by atoms with Gasteiger partial charge in [-0.2, -0.15) is 5.26 Å². The SMILES string of the molecule is Cc1ccc(Oc2ccc(C=O)cc2C#N)cc1. The van der Waals surface area contributed by atoms with Crippen LogP contribution in [0, 0.1) is 18.3 Å². The fourth-order valence-corrected chi connectivity index (χ4v) is 1.53. The van der Waals surface area contributed by atoms with Gasteiger partial charge in [0.1, 0.15) is 23.9 Å². The van der Waals surface area contributed by atoms with Gasteiger partial charge in [0.2, 0.25) is 0 Å². The van der Waals surface area contributed by atoms with E-state index in [0.717, 1.165) is 5.56 Å². The number of ether oxygens (including phenoxy) is 1. The normalized spacial score (nSPS) is 9.56. The molecule has 2 aromatic carbocycles. The van der Waals surface area contributed by atoms with Crippen LogP contribution in [0.5, 0.6) is 11.5 Å². The van der Waals surface area contributed by atoms with Crippen molar-refractivity contribution in [2.24, 2.45) is 0 Å². The van der Waals surface area contributed by atoms with Crippen LogP contribution in [0.4, 0.5) is 0 Å². The van der Waals surface area contributed by atoms with E-state index >= 15 is 0 Å². The minimum atomic E-state index is 0.347. The molecule has 0 aliphatic rings. The van der Waals surface area contributed by atoms with Crippen molar-refractivity contribution in [3.8, 4) is 17.6 Å². The van der Waals surface area contributed by atoms with E-state index in [1.165, 1.54) is 6.07 Å². The van der Waals surface area contributed by atoms with Crippen molar-refractivity contribution in [1.29, 1.82) is 5.26 Å². The molecule has 0 N–H and O–H groups in total. The van der Waals surface area contributed by atoms with Gasteiger partial charge in [0.05, 0.1) is 5.56 Å². The third-order valence-corrected chi connectivity index (χ3v) is 2.51. The van der Waals surface area contributed by atoms with Crippen molar-refractivity contribution in [3.05, 3.63) is 59.2 Å². The maximum absolute atomic E-state index is 10.6. The van der Waals surface area contributed by atoms with Crippen LogP contribution in [0.3, 0.4) is 0 Å². The summed E-state index contributed by atoms with van der Waals surface area (Å²) in [5.41, 5.74) is 1.95. The van der Waals surface area contributed by atoms with Crippen molar-refractivity contribution in [3.63, 3.8) is 0 Å². The maximum atomic E-state index is 10.6. The lowest BCUT2D eigenvalue weighted by Gasteiger charge is -2.07. The quantitative estimate of drug-likeness (QED) is 0.768. The van der Waals surface area contributed by atoms with Gasteiger partial charge < -0.3 is 4.74 Å². The zero-order chi connectivity index (χ0) is 13.0. The van der Waals surface area contributed by atoms with E-state index < -0.39 is 0 Å². The molecule has 0 spiro atoms. The highest BCUT2D eigenvalue weighted by atomic mass is 16.5. The Balaban J connectivity index is 2.31. The third-order valence-electron chi connectivity index (χ3n) is 2.51. The lowest BCUT2D eigenvalue weighted by molar-refractivity contribution is 0.112. The molecule has 3 heteroatoms. The second kappa shape index (κ2) is 5.15. The molecule has 3 nitrogen and oxygen atoms in total. The molecule has 0 heterocycles. The number of aryl methyl sites for hydroxylation is 1. The van der Waals surface area contributed by atoms with Crippen LogP contribution in [0.1, 0.15) is 21.5 Å². The first kappa shape index (κ1) is 11.9. The van der Waals surface area contributed by atoms with Gasteiger partial charge in [-0.1, -0.05) is 17.7 Å². The highest BCUT2D eigenvalue weighted by molar-refractivity contribution is 5.76. The number of benzene rings is 2. The van der Waals surface area contributed by atoms with Crippen LogP contribution in [-0.2, 0) is 0 Å². The Kier molecular flexibility index (Phi) is 3.40. The average Bonchev–Trinajstić information content (AvgIpc) is 2.41. The fourth-order valence-electron chi connectivity index (χ4n) is 1.53. The van der Waals surface area contributed by atoms with E-state index in [1.807, 2.05) is 37.3 Å². The van der Waals surface area contributed by atoms with E-state index in [4.69, 9.17) is 10.00 Å². The van der Waals surface area contributed by atoms with E-state index in [9.17, 15) is 4.79 Å². The summed E-state index contributed by atoms with van der Waals surface area (Å²) in [6.45, 7) is 1.99. The highest BCUT2D eigenvalue weighted by Gasteiger charge is 2.05. The summed E-state index contributed by atoms with van der Waals surface area (Å²) in [6.07, 6.45) is 0.705. The molecule has 2 rings (SSSR count). The van der Waals surface area contributed by atoms with Crippen molar-refractivity contribution in [2.75, 3.05) is 0 Å². The summed E-state index contributed by atoms with van der Waals surface area (Å²) in [5, 5.41) is 9.01. The summed E-state index contributed by atoms with van der Waals surface area (Å²) in [7, 11) is 0. The fraction of sp³-hybridized carbons (Fsp3) is 0.0667. The third kappa shape index (κ3) is 2.55. The number of carbonyl (C=O) groups is 1. The lowest BCUT2D eigenvalue weighted by Crippen LogP contribution is -1.90. The van der Waals surface area contributed by atoms with E-state index in [2.05, 4.69) is 0 Å². The van der Waals surface area contributed by atoms with E-state index in [1.54, 1.807) is 12.1 Å². The van der Waals surface area contributed by atoms with Crippen LogP contribution in [0.25, 0.3) is 0 Å². The molecule has 0 atom stereocenters. The monoisotopic (exact) mass is 237 g/mol. The predicted octanol–water partition coefficient (Wildman–Crippen LogP) is 3.47. The maximum Gasteiger partial charge on any atom is 0.150 e. The van der Waals surface area contributed by atoms with Gasteiger partial charge in [0, 0.05) is 5.56 Å². The summed E-state index contributed by atoms with van der Waals surface area (Å²) in [6, 6.07) is 14.3. The Morgan fingerprint density at radius 2 is 1.89 bits per heavy atom. The average molecular weight is 237 g/mol. The molecule has 88 valence electrons. The molecule has 0 aliphatic heterocycles. The van der Waals surface area contributed by atoms with Crippen LogP contribution in [0.2, 0.25) is 0 Å². The Labute approximate surface area is 105 Å². The molecule has 2 aromatic rings. The van der Waals surface area contributed by atoms with Crippen molar-refractivity contribution in [2.45, 2.75) is 6.92 Å². The van der Waals surface area contributed by atoms with Gasteiger partial charge in [0.15, 0.2) is 0 Å². The molecule has 0 saturated carbocycles. The van der Waals surface area contributed by atoms with Gasteiger partial charge in [-0.05, 0) is 37.3 Å². The summed E-state index contributed by atoms with van der Waals surface area (Å²) < 4.78 is 5.62. The summed E-state index contributed by atoms with van der Waals surface area (Å²) in [5.74, 6) is 1.11. The molecule has 0 aliphatic carbocycles. The topological polar surface area (TPSA) is 50.1 Å². The minimum Gasteiger partial charge on any atom is -0.456 e. The van der Waals surface area contributed by atoms with Gasteiger partial charge in [0.25, 0.3) is 0 Å². The zero-order valence-corrected chi connectivity index (χ0v) is 9.88. The Morgan fingerprint density at radius 1 is 1.17 bits per heavy atom. The van der Waals surface area contributed by atoms with Crippen LogP contribution in [0.15, 0.2) is 42.5 Å². The van der Waals surface area contributed by atoms with Gasteiger partial charge >= 0.3 is 0 Å². The summed E-state index contributed by atoms with van der Waals surface area (Å²) >= 11 is 0. The number of nitriles is 1. The molecule has 0 unspecified atom stereocenters. The standard InChI is InChI=1S/C15H11NO2/c1-11-2-5-14(6-3-11)18-15-7-4-12(10-17)8-13(15)9-16/h2-8,10H,1H3. The number of rotatable bonds is 3. The molecule has 0 saturated heterocycles. The molecule has 0 bridgehead atoms. The Bertz CT molecular complexity index is 609. The second-order valence-electron chi connectivity index (χ2n) is 3.90. The number of hydrogen-bond acceptors (Lipinski definition) is 3. The van der Waals surface area contributed by atoms with E-state index in [0.29, 0.717) is 28.9 Å². The summed E-state index contributed by atoms with van der Waals surface area (Å²) in [4.78, 5) is 10.6. The highest BCUT2D eigenvalue weighted by Crippen LogP contribution is 2.25.